The van der Waals surface area contributed by atoms with Crippen LogP contribution in [0.15, 0.2) is 0 Å². The molecule has 5 nitrogen and oxygen atoms in total. The maximum absolute atomic E-state index is 12.5. The van der Waals surface area contributed by atoms with E-state index in [4.69, 9.17) is 9.84 Å². The van der Waals surface area contributed by atoms with Crippen LogP contribution in [0.1, 0.15) is 143 Å². The standard InChI is InChI=1S/C31H63NO4/c1-5-8-10-12-14-16-19-29(20-17-15-13-11-9-6-2)27-36-31(35)23-22-30(28(4)34)21-18-24-32(7-3)25-26-33/h28-30,33-34H,5-27H2,1-4H3/t28-,30-/m0/s1. The Morgan fingerprint density at radius 3 is 1.81 bits per heavy atom. The minimum absolute atomic E-state index is 0.105. The van der Waals surface area contributed by atoms with Crippen LogP contribution in [-0.4, -0.2) is 60.0 Å². The molecule has 0 heterocycles. The lowest BCUT2D eigenvalue weighted by molar-refractivity contribution is -0.145. The number of unbranched alkanes of at least 4 members (excludes halogenated alkanes) is 10. The zero-order valence-electron chi connectivity index (χ0n) is 24.7. The summed E-state index contributed by atoms with van der Waals surface area (Å²) in [6, 6.07) is 0. The average Bonchev–Trinajstić information content (AvgIpc) is 2.87. The molecule has 0 radical (unpaired) electrons. The van der Waals surface area contributed by atoms with E-state index in [-0.39, 0.29) is 18.5 Å². The van der Waals surface area contributed by atoms with Gasteiger partial charge in [-0.05, 0) is 64.0 Å². The van der Waals surface area contributed by atoms with Gasteiger partial charge in [0, 0.05) is 13.0 Å². The number of nitrogens with zero attached hydrogens (tertiary/aromatic N) is 1. The van der Waals surface area contributed by atoms with Crippen LogP contribution < -0.4 is 0 Å². The lowest BCUT2D eigenvalue weighted by Gasteiger charge is -2.23. The van der Waals surface area contributed by atoms with Crippen LogP contribution in [0.25, 0.3) is 0 Å². The van der Waals surface area contributed by atoms with E-state index in [9.17, 15) is 9.90 Å². The minimum Gasteiger partial charge on any atom is -0.465 e. The summed E-state index contributed by atoms with van der Waals surface area (Å²) < 4.78 is 5.76. The zero-order chi connectivity index (χ0) is 26.9. The Bertz CT molecular complexity index is 455. The number of aliphatic hydroxyl groups is 2. The highest BCUT2D eigenvalue weighted by Crippen LogP contribution is 2.22. The first kappa shape index (κ1) is 35.4. The van der Waals surface area contributed by atoms with Crippen molar-refractivity contribution < 1.29 is 19.7 Å². The summed E-state index contributed by atoms with van der Waals surface area (Å²) in [4.78, 5) is 14.8. The average molecular weight is 514 g/mol. The number of hydrogen-bond donors (Lipinski definition) is 2. The highest BCUT2D eigenvalue weighted by atomic mass is 16.5. The van der Waals surface area contributed by atoms with Gasteiger partial charge in [-0.2, -0.15) is 0 Å². The highest BCUT2D eigenvalue weighted by molar-refractivity contribution is 5.69. The lowest BCUT2D eigenvalue weighted by Crippen LogP contribution is -2.28. The van der Waals surface area contributed by atoms with E-state index in [1.54, 1.807) is 0 Å². The van der Waals surface area contributed by atoms with Crippen LogP contribution in [-0.2, 0) is 9.53 Å². The Balaban J connectivity index is 4.39. The first-order valence-corrected chi connectivity index (χ1v) is 15.6. The largest absolute Gasteiger partial charge is 0.465 e. The van der Waals surface area contributed by atoms with Crippen molar-refractivity contribution in [2.24, 2.45) is 11.8 Å². The fourth-order valence-corrected chi connectivity index (χ4v) is 5.10. The first-order valence-electron chi connectivity index (χ1n) is 15.6. The van der Waals surface area contributed by atoms with Crippen LogP contribution in [0, 0.1) is 11.8 Å². The molecule has 0 rings (SSSR count). The molecule has 0 bridgehead atoms. The van der Waals surface area contributed by atoms with Crippen LogP contribution in [0.4, 0.5) is 0 Å². The molecule has 0 fully saturated rings. The molecule has 0 unspecified atom stereocenters. The number of rotatable bonds is 27. The number of aliphatic hydroxyl groups excluding tert-OH is 2. The predicted molar refractivity (Wildman–Crippen MR) is 153 cm³/mol. The maximum Gasteiger partial charge on any atom is 0.305 e. The van der Waals surface area contributed by atoms with E-state index in [0.717, 1.165) is 25.9 Å². The van der Waals surface area contributed by atoms with Gasteiger partial charge in [0.25, 0.3) is 0 Å². The first-order chi connectivity index (χ1) is 17.5. The Morgan fingerprint density at radius 2 is 1.31 bits per heavy atom. The number of esters is 1. The Labute approximate surface area is 224 Å². The quantitative estimate of drug-likeness (QED) is 0.0878. The number of carbonyl (C=O) groups is 1. The summed E-state index contributed by atoms with van der Waals surface area (Å²) in [5.41, 5.74) is 0. The number of carbonyl (C=O) groups excluding carboxylic acids is 1. The van der Waals surface area contributed by atoms with E-state index in [1.165, 1.54) is 89.9 Å². The molecule has 0 aromatic rings. The van der Waals surface area contributed by atoms with Gasteiger partial charge in [-0.25, -0.2) is 0 Å². The van der Waals surface area contributed by atoms with Crippen molar-refractivity contribution in [1.29, 1.82) is 0 Å². The molecule has 2 atom stereocenters. The summed E-state index contributed by atoms with van der Waals surface area (Å²) in [6.07, 6.45) is 20.5. The second kappa shape index (κ2) is 26.0. The second-order valence-corrected chi connectivity index (χ2v) is 11.0. The molecular weight excluding hydrogens is 450 g/mol. The fraction of sp³-hybridized carbons (Fsp3) is 0.968. The van der Waals surface area contributed by atoms with E-state index in [2.05, 4.69) is 25.7 Å². The van der Waals surface area contributed by atoms with Gasteiger partial charge < -0.3 is 19.8 Å². The van der Waals surface area contributed by atoms with Crippen LogP contribution in [0.2, 0.25) is 0 Å². The normalized spacial score (nSPS) is 13.4. The Morgan fingerprint density at radius 1 is 0.750 bits per heavy atom. The van der Waals surface area contributed by atoms with E-state index < -0.39 is 6.10 Å². The molecule has 5 heteroatoms. The molecule has 0 saturated heterocycles. The van der Waals surface area contributed by atoms with E-state index in [0.29, 0.717) is 31.9 Å². The third-order valence-electron chi connectivity index (χ3n) is 7.73. The van der Waals surface area contributed by atoms with E-state index in [1.807, 2.05) is 6.92 Å². The predicted octanol–water partition coefficient (Wildman–Crippen LogP) is 7.52. The van der Waals surface area contributed by atoms with Gasteiger partial charge in [-0.3, -0.25) is 4.79 Å². The van der Waals surface area contributed by atoms with Gasteiger partial charge in [0.15, 0.2) is 0 Å². The van der Waals surface area contributed by atoms with Crippen molar-refractivity contribution in [1.82, 2.24) is 4.90 Å². The Kier molecular flexibility index (Phi) is 25.5. The van der Waals surface area contributed by atoms with Gasteiger partial charge in [-0.1, -0.05) is 97.8 Å². The topological polar surface area (TPSA) is 70.0 Å². The molecule has 0 aromatic heterocycles. The molecule has 216 valence electrons. The molecule has 0 spiro atoms. The molecule has 36 heavy (non-hydrogen) atoms. The Hall–Kier alpha value is -0.650. The summed E-state index contributed by atoms with van der Waals surface area (Å²) >= 11 is 0. The van der Waals surface area contributed by atoms with Gasteiger partial charge in [-0.15, -0.1) is 0 Å². The SMILES string of the molecule is CCCCCCCCC(CCCCCCCC)COC(=O)CC[C@H](CCCN(CC)CCO)[C@H](C)O. The van der Waals surface area contributed by atoms with Crippen molar-refractivity contribution in [2.75, 3.05) is 32.8 Å². The molecular formula is C31H63NO4. The third kappa shape index (κ3) is 21.4. The van der Waals surface area contributed by atoms with Gasteiger partial charge >= 0.3 is 5.97 Å². The molecule has 0 saturated carbocycles. The van der Waals surface area contributed by atoms with E-state index >= 15 is 0 Å². The second-order valence-electron chi connectivity index (χ2n) is 11.0. The van der Waals surface area contributed by atoms with Gasteiger partial charge in [0.05, 0.1) is 19.3 Å². The third-order valence-corrected chi connectivity index (χ3v) is 7.73. The summed E-state index contributed by atoms with van der Waals surface area (Å²) in [5.74, 6) is 0.504. The maximum atomic E-state index is 12.5. The molecule has 0 aliphatic rings. The fourth-order valence-electron chi connectivity index (χ4n) is 5.10. The van der Waals surface area contributed by atoms with Crippen LogP contribution >= 0.6 is 0 Å². The number of hydrogen-bond acceptors (Lipinski definition) is 5. The van der Waals surface area contributed by atoms with Crippen molar-refractivity contribution in [3.8, 4) is 0 Å². The smallest absolute Gasteiger partial charge is 0.305 e. The molecule has 0 amide bonds. The summed E-state index contributed by atoms with van der Waals surface area (Å²) in [7, 11) is 0. The van der Waals surface area contributed by atoms with Crippen molar-refractivity contribution in [3.05, 3.63) is 0 Å². The zero-order valence-corrected chi connectivity index (χ0v) is 24.7. The van der Waals surface area contributed by atoms with Crippen LogP contribution in [0.3, 0.4) is 0 Å². The molecule has 2 N–H and O–H groups in total. The number of ether oxygens (including phenoxy) is 1. The monoisotopic (exact) mass is 513 g/mol. The highest BCUT2D eigenvalue weighted by Gasteiger charge is 2.18. The van der Waals surface area contributed by atoms with Crippen molar-refractivity contribution in [3.63, 3.8) is 0 Å². The molecule has 0 aliphatic carbocycles. The van der Waals surface area contributed by atoms with Crippen LogP contribution in [0.5, 0.6) is 0 Å². The van der Waals surface area contributed by atoms with Gasteiger partial charge in [0.1, 0.15) is 0 Å². The van der Waals surface area contributed by atoms with Crippen molar-refractivity contribution in [2.45, 2.75) is 149 Å². The molecule has 0 aromatic carbocycles. The van der Waals surface area contributed by atoms with Gasteiger partial charge in [0.2, 0.25) is 0 Å². The summed E-state index contributed by atoms with van der Waals surface area (Å²) in [6.45, 7) is 11.7. The lowest BCUT2D eigenvalue weighted by atomic mass is 9.92. The number of likely N-dealkylation sites (N-methyl/N-ethyl adjacent to an activating group) is 1. The van der Waals surface area contributed by atoms with Crippen molar-refractivity contribution >= 4 is 5.97 Å². The minimum atomic E-state index is -0.418. The summed E-state index contributed by atoms with van der Waals surface area (Å²) in [5, 5.41) is 19.4. The molecule has 0 aliphatic heterocycles.